The summed E-state index contributed by atoms with van der Waals surface area (Å²) < 4.78 is 4.69. The number of ether oxygens (including phenoxy) is 1. The summed E-state index contributed by atoms with van der Waals surface area (Å²) in [6.45, 7) is 2.24. The van der Waals surface area contributed by atoms with E-state index in [0.717, 1.165) is 0 Å². The molecule has 0 aromatic heterocycles. The van der Waals surface area contributed by atoms with Gasteiger partial charge in [-0.2, -0.15) is 0 Å². The van der Waals surface area contributed by atoms with Crippen LogP contribution in [-0.4, -0.2) is 68.2 Å². The quantitative estimate of drug-likeness (QED) is 0.839. The SMILES string of the molecule is COC(=O)N(C)c1ccc(NC(=O)N2CCN(C(=O)CC3CCCC3)CC2)cc1. The molecule has 0 radical (unpaired) electrons. The van der Waals surface area contributed by atoms with Crippen LogP contribution in [0.4, 0.5) is 21.0 Å². The van der Waals surface area contributed by atoms with Crippen molar-refractivity contribution < 1.29 is 19.1 Å². The number of piperazine rings is 1. The van der Waals surface area contributed by atoms with Gasteiger partial charge >= 0.3 is 12.1 Å². The number of hydrogen-bond donors (Lipinski definition) is 1. The predicted octanol–water partition coefficient (Wildman–Crippen LogP) is 3.15. The normalized spacial score (nSPS) is 17.2. The highest BCUT2D eigenvalue weighted by atomic mass is 16.5. The molecule has 0 bridgehead atoms. The molecule has 1 aliphatic heterocycles. The Morgan fingerprint density at radius 3 is 2.21 bits per heavy atom. The van der Waals surface area contributed by atoms with E-state index in [1.807, 2.05) is 4.90 Å². The first kappa shape index (κ1) is 21.0. The molecule has 0 atom stereocenters. The van der Waals surface area contributed by atoms with Gasteiger partial charge in [-0.3, -0.25) is 9.69 Å². The lowest BCUT2D eigenvalue weighted by molar-refractivity contribution is -0.133. The van der Waals surface area contributed by atoms with Crippen molar-refractivity contribution >= 4 is 29.4 Å². The molecular formula is C21H30N4O4. The number of carbonyl (C=O) groups excluding carboxylic acids is 3. The minimum Gasteiger partial charge on any atom is -0.452 e. The Hall–Kier alpha value is -2.77. The Morgan fingerprint density at radius 2 is 1.62 bits per heavy atom. The second kappa shape index (κ2) is 9.62. The van der Waals surface area contributed by atoms with Crippen molar-refractivity contribution in [2.24, 2.45) is 5.92 Å². The molecule has 8 heteroatoms. The van der Waals surface area contributed by atoms with Gasteiger partial charge in [0.15, 0.2) is 0 Å². The summed E-state index contributed by atoms with van der Waals surface area (Å²) in [6.07, 6.45) is 5.02. The maximum atomic E-state index is 12.5. The van der Waals surface area contributed by atoms with Crippen molar-refractivity contribution in [3.63, 3.8) is 0 Å². The van der Waals surface area contributed by atoms with Crippen LogP contribution in [0, 0.1) is 5.92 Å². The topological polar surface area (TPSA) is 82.2 Å². The van der Waals surface area contributed by atoms with E-state index in [1.165, 1.54) is 37.7 Å². The molecule has 1 saturated heterocycles. The van der Waals surface area contributed by atoms with Gasteiger partial charge in [0.25, 0.3) is 0 Å². The number of nitrogens with zero attached hydrogens (tertiary/aromatic N) is 3. The molecule has 8 nitrogen and oxygen atoms in total. The summed E-state index contributed by atoms with van der Waals surface area (Å²) >= 11 is 0. The minimum atomic E-state index is -0.456. The Bertz CT molecular complexity index is 723. The molecule has 1 aliphatic carbocycles. The highest BCUT2D eigenvalue weighted by Gasteiger charge is 2.26. The summed E-state index contributed by atoms with van der Waals surface area (Å²) in [7, 11) is 2.95. The maximum Gasteiger partial charge on any atom is 0.413 e. The molecule has 1 saturated carbocycles. The van der Waals surface area contributed by atoms with Crippen LogP contribution in [0.15, 0.2) is 24.3 Å². The summed E-state index contributed by atoms with van der Waals surface area (Å²) in [5, 5.41) is 2.87. The number of methoxy groups -OCH3 is 1. The first-order chi connectivity index (χ1) is 14.0. The molecule has 158 valence electrons. The molecule has 0 spiro atoms. The predicted molar refractivity (Wildman–Crippen MR) is 111 cm³/mol. The monoisotopic (exact) mass is 402 g/mol. The largest absolute Gasteiger partial charge is 0.452 e. The second-order valence-corrected chi connectivity index (χ2v) is 7.73. The van der Waals surface area contributed by atoms with Crippen LogP contribution >= 0.6 is 0 Å². The second-order valence-electron chi connectivity index (χ2n) is 7.73. The fraction of sp³-hybridized carbons (Fsp3) is 0.571. The van der Waals surface area contributed by atoms with Crippen LogP contribution < -0.4 is 10.2 Å². The average Bonchev–Trinajstić information content (AvgIpc) is 3.26. The lowest BCUT2D eigenvalue weighted by Gasteiger charge is -2.35. The third-order valence-corrected chi connectivity index (χ3v) is 5.81. The van der Waals surface area contributed by atoms with Crippen LogP contribution in [0.3, 0.4) is 0 Å². The van der Waals surface area contributed by atoms with E-state index in [9.17, 15) is 14.4 Å². The van der Waals surface area contributed by atoms with E-state index in [0.29, 0.717) is 49.9 Å². The molecule has 0 unspecified atom stereocenters. The van der Waals surface area contributed by atoms with Crippen LogP contribution in [0.25, 0.3) is 0 Å². The molecule has 29 heavy (non-hydrogen) atoms. The van der Waals surface area contributed by atoms with Crippen molar-refractivity contribution in [2.45, 2.75) is 32.1 Å². The molecule has 3 rings (SSSR count). The van der Waals surface area contributed by atoms with Crippen molar-refractivity contribution in [2.75, 3.05) is 50.6 Å². The number of anilines is 2. The van der Waals surface area contributed by atoms with E-state index in [2.05, 4.69) is 10.1 Å². The number of hydrogen-bond acceptors (Lipinski definition) is 4. The maximum absolute atomic E-state index is 12.5. The van der Waals surface area contributed by atoms with E-state index in [4.69, 9.17) is 0 Å². The smallest absolute Gasteiger partial charge is 0.413 e. The Kier molecular flexibility index (Phi) is 6.95. The summed E-state index contributed by atoms with van der Waals surface area (Å²) in [5.41, 5.74) is 1.32. The molecule has 4 amide bonds. The van der Waals surface area contributed by atoms with Gasteiger partial charge in [-0.1, -0.05) is 12.8 Å². The molecule has 1 N–H and O–H groups in total. The fourth-order valence-electron chi connectivity index (χ4n) is 3.96. The average molecular weight is 402 g/mol. The Labute approximate surface area is 171 Å². The van der Waals surface area contributed by atoms with E-state index >= 15 is 0 Å². The number of rotatable bonds is 4. The number of urea groups is 1. The Morgan fingerprint density at radius 1 is 1.03 bits per heavy atom. The van der Waals surface area contributed by atoms with Gasteiger partial charge in [0.05, 0.1) is 7.11 Å². The van der Waals surface area contributed by atoms with E-state index in [1.54, 1.807) is 36.2 Å². The molecule has 1 aromatic carbocycles. The van der Waals surface area contributed by atoms with Crippen molar-refractivity contribution in [1.82, 2.24) is 9.80 Å². The van der Waals surface area contributed by atoms with Crippen LogP contribution in [0.5, 0.6) is 0 Å². The molecular weight excluding hydrogens is 372 g/mol. The van der Waals surface area contributed by atoms with E-state index in [-0.39, 0.29) is 11.9 Å². The van der Waals surface area contributed by atoms with Crippen LogP contribution in [0.2, 0.25) is 0 Å². The lowest BCUT2D eigenvalue weighted by Crippen LogP contribution is -2.51. The zero-order valence-electron chi connectivity index (χ0n) is 17.2. The van der Waals surface area contributed by atoms with Crippen molar-refractivity contribution in [3.8, 4) is 0 Å². The van der Waals surface area contributed by atoms with Crippen LogP contribution in [0.1, 0.15) is 32.1 Å². The number of amides is 4. The van der Waals surface area contributed by atoms with Crippen molar-refractivity contribution in [1.29, 1.82) is 0 Å². The summed E-state index contributed by atoms with van der Waals surface area (Å²) in [6, 6.07) is 6.79. The number of benzene rings is 1. The minimum absolute atomic E-state index is 0.179. The standard InChI is InChI=1S/C21H30N4O4/c1-23(21(28)29-2)18-9-7-17(8-10-18)22-20(27)25-13-11-24(12-14-25)19(26)15-16-5-3-4-6-16/h7-10,16H,3-6,11-15H2,1-2H3,(H,22,27). The molecule has 2 aliphatic rings. The zero-order chi connectivity index (χ0) is 20.8. The lowest BCUT2D eigenvalue weighted by atomic mass is 10.0. The van der Waals surface area contributed by atoms with Gasteiger partial charge in [0.1, 0.15) is 0 Å². The zero-order valence-corrected chi connectivity index (χ0v) is 17.2. The molecule has 2 fully saturated rings. The van der Waals surface area contributed by atoms with Crippen molar-refractivity contribution in [3.05, 3.63) is 24.3 Å². The van der Waals surface area contributed by atoms with Crippen LogP contribution in [-0.2, 0) is 9.53 Å². The fourth-order valence-corrected chi connectivity index (χ4v) is 3.96. The van der Waals surface area contributed by atoms with Gasteiger partial charge in [0.2, 0.25) is 5.91 Å². The van der Waals surface area contributed by atoms with Gasteiger partial charge in [-0.15, -0.1) is 0 Å². The third-order valence-electron chi connectivity index (χ3n) is 5.81. The van der Waals surface area contributed by atoms with Gasteiger partial charge in [-0.25, -0.2) is 9.59 Å². The summed E-state index contributed by atoms with van der Waals surface area (Å²) in [4.78, 5) is 41.5. The number of carbonyl (C=O) groups is 3. The highest BCUT2D eigenvalue weighted by molar-refractivity contribution is 5.91. The number of nitrogens with one attached hydrogen (secondary N) is 1. The summed E-state index contributed by atoms with van der Waals surface area (Å²) in [5.74, 6) is 0.771. The highest BCUT2D eigenvalue weighted by Crippen LogP contribution is 2.28. The van der Waals surface area contributed by atoms with Gasteiger partial charge in [0, 0.05) is 51.0 Å². The Balaban J connectivity index is 1.45. The molecule has 1 aromatic rings. The van der Waals surface area contributed by atoms with Gasteiger partial charge < -0.3 is 19.9 Å². The van der Waals surface area contributed by atoms with E-state index < -0.39 is 6.09 Å². The first-order valence-corrected chi connectivity index (χ1v) is 10.2. The van der Waals surface area contributed by atoms with Gasteiger partial charge in [-0.05, 0) is 43.0 Å². The third kappa shape index (κ3) is 5.40. The first-order valence-electron chi connectivity index (χ1n) is 10.2. The molecule has 1 heterocycles.